The second kappa shape index (κ2) is 5.46. The van der Waals surface area contributed by atoms with Crippen LogP contribution in [0.1, 0.15) is 33.2 Å². The molecule has 0 saturated carbocycles. The van der Waals surface area contributed by atoms with Gasteiger partial charge in [-0.15, -0.1) is 0 Å². The molecule has 0 bridgehead atoms. The van der Waals surface area contributed by atoms with Crippen molar-refractivity contribution in [2.75, 3.05) is 12.3 Å². The van der Waals surface area contributed by atoms with Gasteiger partial charge < -0.3 is 15.7 Å². The summed E-state index contributed by atoms with van der Waals surface area (Å²) in [5, 5.41) is 14.8. The first-order valence-electron chi connectivity index (χ1n) is 7.35. The van der Waals surface area contributed by atoms with Crippen LogP contribution in [0.2, 0.25) is 0 Å². The Kier molecular flexibility index (Phi) is 3.85. The molecule has 1 saturated heterocycles. The Morgan fingerprint density at radius 3 is 2.74 bits per heavy atom. The normalized spacial score (nSPS) is 22.0. The molecule has 3 rings (SSSR count). The lowest BCUT2D eigenvalue weighted by molar-refractivity contribution is 0.0912. The van der Waals surface area contributed by atoms with Crippen molar-refractivity contribution < 1.29 is 9.90 Å². The minimum Gasteiger partial charge on any atom is -0.465 e. The average Bonchev–Trinajstić information content (AvgIpc) is 3.00. The Balaban J connectivity index is 2.15. The first-order valence-corrected chi connectivity index (χ1v) is 8.43. The first kappa shape index (κ1) is 16.2. The van der Waals surface area contributed by atoms with Gasteiger partial charge in [-0.2, -0.15) is 5.10 Å². The average molecular weight is 430 g/mol. The zero-order valence-corrected chi connectivity index (χ0v) is 15.4. The van der Waals surface area contributed by atoms with E-state index in [1.807, 2.05) is 25.5 Å². The Morgan fingerprint density at radius 2 is 2.13 bits per heavy atom. The number of nitrogen functional groups attached to an aromatic ring is 1. The highest BCUT2D eigenvalue weighted by atomic mass is 127. The smallest absolute Gasteiger partial charge is 0.407 e. The molecule has 0 spiro atoms. The summed E-state index contributed by atoms with van der Waals surface area (Å²) < 4.78 is 2.56. The van der Waals surface area contributed by atoms with Crippen molar-refractivity contribution in [3.05, 3.63) is 10.0 Å². The van der Waals surface area contributed by atoms with E-state index in [1.165, 1.54) is 11.2 Å². The highest BCUT2D eigenvalue weighted by Gasteiger charge is 2.46. The summed E-state index contributed by atoms with van der Waals surface area (Å²) in [5.74, 6) is 0.394. The Bertz CT molecular complexity index is 768. The van der Waals surface area contributed by atoms with E-state index in [0.717, 1.165) is 9.09 Å². The number of aromatic nitrogens is 4. The topological polar surface area (TPSA) is 110 Å². The fourth-order valence-electron chi connectivity index (χ4n) is 3.48. The number of amides is 1. The molecule has 2 aromatic heterocycles. The van der Waals surface area contributed by atoms with Gasteiger partial charge in [0, 0.05) is 6.54 Å². The molecule has 2 atom stereocenters. The number of carboxylic acid groups (broad SMARTS) is 1. The fourth-order valence-corrected chi connectivity index (χ4v) is 4.23. The van der Waals surface area contributed by atoms with Gasteiger partial charge in [0.1, 0.15) is 15.8 Å². The van der Waals surface area contributed by atoms with E-state index >= 15 is 0 Å². The van der Waals surface area contributed by atoms with Gasteiger partial charge in [-0.25, -0.2) is 19.4 Å². The lowest BCUT2D eigenvalue weighted by Gasteiger charge is -2.36. The Hall–Kier alpha value is -1.65. The van der Waals surface area contributed by atoms with Crippen molar-refractivity contribution in [1.29, 1.82) is 0 Å². The largest absolute Gasteiger partial charge is 0.465 e. The predicted octanol–water partition coefficient (Wildman–Crippen LogP) is 2.35. The summed E-state index contributed by atoms with van der Waals surface area (Å²) in [4.78, 5) is 21.5. The third-order valence-electron chi connectivity index (χ3n) is 4.29. The maximum atomic E-state index is 11.6. The van der Waals surface area contributed by atoms with Crippen LogP contribution in [0.3, 0.4) is 0 Å². The van der Waals surface area contributed by atoms with Gasteiger partial charge in [0.2, 0.25) is 0 Å². The quantitative estimate of drug-likeness (QED) is 0.673. The number of anilines is 1. The van der Waals surface area contributed by atoms with E-state index in [2.05, 4.69) is 37.7 Å². The van der Waals surface area contributed by atoms with Gasteiger partial charge in [0.15, 0.2) is 5.65 Å². The molecule has 9 heteroatoms. The Morgan fingerprint density at radius 1 is 1.43 bits per heavy atom. The summed E-state index contributed by atoms with van der Waals surface area (Å²) in [6.07, 6.45) is 1.22. The van der Waals surface area contributed by atoms with Crippen molar-refractivity contribution in [2.24, 2.45) is 5.41 Å². The summed E-state index contributed by atoms with van der Waals surface area (Å²) >= 11 is 2.12. The molecule has 0 aromatic carbocycles. The monoisotopic (exact) mass is 430 g/mol. The number of fused-ring (bicyclic) bond motifs is 1. The molecule has 2 aromatic rings. The maximum absolute atomic E-state index is 11.6. The molecular weight excluding hydrogens is 411 g/mol. The molecule has 1 aliphatic rings. The van der Waals surface area contributed by atoms with E-state index < -0.39 is 6.09 Å². The summed E-state index contributed by atoms with van der Waals surface area (Å²) in [7, 11) is 0. The first-order chi connectivity index (χ1) is 10.7. The number of hydrogen-bond acceptors (Lipinski definition) is 5. The van der Waals surface area contributed by atoms with Gasteiger partial charge in [-0.1, -0.05) is 20.8 Å². The van der Waals surface area contributed by atoms with E-state index in [0.29, 0.717) is 24.4 Å². The van der Waals surface area contributed by atoms with Crippen LogP contribution in [0, 0.1) is 9.12 Å². The lowest BCUT2D eigenvalue weighted by atomic mass is 9.83. The molecular formula is C14H19IN6O2. The van der Waals surface area contributed by atoms with Crippen molar-refractivity contribution in [3.63, 3.8) is 0 Å². The lowest BCUT2D eigenvalue weighted by Crippen LogP contribution is -2.46. The molecule has 1 fully saturated rings. The Labute approximate surface area is 147 Å². The van der Waals surface area contributed by atoms with Crippen LogP contribution in [0.15, 0.2) is 6.33 Å². The second-order valence-electron chi connectivity index (χ2n) is 6.84. The van der Waals surface area contributed by atoms with Gasteiger partial charge in [-0.05, 0) is 34.4 Å². The third-order valence-corrected chi connectivity index (χ3v) is 5.04. The van der Waals surface area contributed by atoms with E-state index in [4.69, 9.17) is 5.73 Å². The SMILES string of the molecule is CC(C)(C)C1C(n2nc(I)c3c(N)ncnc32)CCN1C(=O)O. The third kappa shape index (κ3) is 2.60. The zero-order valence-electron chi connectivity index (χ0n) is 13.2. The van der Waals surface area contributed by atoms with Crippen LogP contribution in [-0.4, -0.2) is 48.4 Å². The van der Waals surface area contributed by atoms with E-state index in [9.17, 15) is 9.90 Å². The van der Waals surface area contributed by atoms with Crippen molar-refractivity contribution in [1.82, 2.24) is 24.6 Å². The van der Waals surface area contributed by atoms with E-state index in [1.54, 1.807) is 0 Å². The van der Waals surface area contributed by atoms with Crippen LogP contribution in [0.5, 0.6) is 0 Å². The molecule has 23 heavy (non-hydrogen) atoms. The van der Waals surface area contributed by atoms with Crippen LogP contribution < -0.4 is 5.73 Å². The summed E-state index contributed by atoms with van der Waals surface area (Å²) in [5.41, 5.74) is 6.39. The van der Waals surface area contributed by atoms with Crippen molar-refractivity contribution in [3.8, 4) is 0 Å². The molecule has 8 nitrogen and oxygen atoms in total. The minimum absolute atomic E-state index is 0.0774. The van der Waals surface area contributed by atoms with Gasteiger partial charge in [0.25, 0.3) is 0 Å². The standard InChI is InChI=1S/C14H19IN6O2/c1-14(2,3)9-7(4-5-20(9)13(22)23)21-12-8(10(15)19-21)11(16)17-6-18-12/h6-7,9H,4-5H2,1-3H3,(H,22,23)(H2,16,17,18). The molecule has 1 amide bonds. The van der Waals surface area contributed by atoms with Gasteiger partial charge >= 0.3 is 6.09 Å². The van der Waals surface area contributed by atoms with Crippen LogP contribution >= 0.6 is 22.6 Å². The predicted molar refractivity (Wildman–Crippen MR) is 94.1 cm³/mol. The summed E-state index contributed by atoms with van der Waals surface area (Å²) in [6.45, 7) is 6.63. The highest BCUT2D eigenvalue weighted by molar-refractivity contribution is 14.1. The number of halogens is 1. The number of carbonyl (C=O) groups is 1. The molecule has 1 aliphatic heterocycles. The minimum atomic E-state index is -0.896. The van der Waals surface area contributed by atoms with Crippen LogP contribution in [0.25, 0.3) is 11.0 Å². The van der Waals surface area contributed by atoms with Gasteiger partial charge in [0.05, 0.1) is 17.5 Å². The number of nitrogens with two attached hydrogens (primary N) is 1. The van der Waals surface area contributed by atoms with Crippen LogP contribution in [-0.2, 0) is 0 Å². The van der Waals surface area contributed by atoms with E-state index in [-0.39, 0.29) is 17.5 Å². The van der Waals surface area contributed by atoms with Crippen molar-refractivity contribution in [2.45, 2.75) is 39.3 Å². The molecule has 2 unspecified atom stereocenters. The van der Waals surface area contributed by atoms with Gasteiger partial charge in [-0.3, -0.25) is 0 Å². The zero-order chi connectivity index (χ0) is 16.9. The van der Waals surface area contributed by atoms with Crippen LogP contribution in [0.4, 0.5) is 10.6 Å². The fraction of sp³-hybridized carbons (Fsp3) is 0.571. The molecule has 3 N–H and O–H groups in total. The highest BCUT2D eigenvalue weighted by Crippen LogP contribution is 2.41. The number of nitrogens with zero attached hydrogens (tertiary/aromatic N) is 5. The number of rotatable bonds is 1. The van der Waals surface area contributed by atoms with Crippen molar-refractivity contribution >= 4 is 45.5 Å². The second-order valence-corrected chi connectivity index (χ2v) is 7.86. The summed E-state index contributed by atoms with van der Waals surface area (Å²) in [6, 6.07) is -0.262. The molecule has 0 aliphatic carbocycles. The maximum Gasteiger partial charge on any atom is 0.407 e. The molecule has 3 heterocycles. The number of likely N-dealkylation sites (tertiary alicyclic amines) is 1. The molecule has 0 radical (unpaired) electrons. The number of hydrogen-bond donors (Lipinski definition) is 2. The molecule has 124 valence electrons.